The fourth-order valence-electron chi connectivity index (χ4n) is 2.25. The minimum absolute atomic E-state index is 0.268. The van der Waals surface area contributed by atoms with Crippen LogP contribution in [0.15, 0.2) is 18.3 Å². The highest BCUT2D eigenvalue weighted by molar-refractivity contribution is 5.76. The van der Waals surface area contributed by atoms with Gasteiger partial charge in [0.2, 0.25) is 0 Å². The second kappa shape index (κ2) is 6.12. The fraction of sp³-hybridized carbons (Fsp3) is 0.500. The van der Waals surface area contributed by atoms with Crippen LogP contribution >= 0.6 is 0 Å². The average Bonchev–Trinajstić information content (AvgIpc) is 2.86. The van der Waals surface area contributed by atoms with E-state index in [-0.39, 0.29) is 18.6 Å². The number of carboxylic acid groups (broad SMARTS) is 1. The zero-order valence-electron chi connectivity index (χ0n) is 10.4. The Kier molecular flexibility index (Phi) is 4.27. The van der Waals surface area contributed by atoms with Gasteiger partial charge in [-0.3, -0.25) is 4.79 Å². The Bertz CT molecular complexity index is 452. The van der Waals surface area contributed by atoms with E-state index in [1.54, 1.807) is 18.3 Å². The van der Waals surface area contributed by atoms with Crippen LogP contribution in [0.2, 0.25) is 0 Å². The lowest BCUT2D eigenvalue weighted by Crippen LogP contribution is -2.45. The number of carbonyl (C=O) groups is 2. The van der Waals surface area contributed by atoms with Crippen molar-refractivity contribution >= 4 is 12.0 Å². The molecular formula is C12H16N4O3. The van der Waals surface area contributed by atoms with Crippen LogP contribution in [0.1, 0.15) is 25.0 Å². The molecule has 7 nitrogen and oxygen atoms in total. The molecule has 19 heavy (non-hydrogen) atoms. The van der Waals surface area contributed by atoms with Crippen molar-refractivity contribution < 1.29 is 14.7 Å². The summed E-state index contributed by atoms with van der Waals surface area (Å²) in [6.07, 6.45) is 3.70. The number of amides is 2. The number of carbonyl (C=O) groups excluding carboxylic acids is 1. The SMILES string of the molecule is O=C(NCc1cccnn1)NC1CCCC1C(=O)O. The minimum Gasteiger partial charge on any atom is -0.481 e. The maximum Gasteiger partial charge on any atom is 0.315 e. The summed E-state index contributed by atoms with van der Waals surface area (Å²) in [6, 6.07) is 2.82. The molecule has 1 saturated carbocycles. The first-order valence-electron chi connectivity index (χ1n) is 6.20. The van der Waals surface area contributed by atoms with Crippen molar-refractivity contribution in [1.82, 2.24) is 20.8 Å². The lowest BCUT2D eigenvalue weighted by atomic mass is 10.0. The molecule has 1 aliphatic rings. The molecule has 2 amide bonds. The first-order valence-corrected chi connectivity index (χ1v) is 6.20. The molecule has 2 unspecified atom stereocenters. The average molecular weight is 264 g/mol. The van der Waals surface area contributed by atoms with Gasteiger partial charge in [-0.05, 0) is 25.0 Å². The number of nitrogens with zero attached hydrogens (tertiary/aromatic N) is 2. The molecule has 7 heteroatoms. The van der Waals surface area contributed by atoms with Crippen LogP contribution < -0.4 is 10.6 Å². The summed E-state index contributed by atoms with van der Waals surface area (Å²) >= 11 is 0. The monoisotopic (exact) mass is 264 g/mol. The predicted molar refractivity (Wildman–Crippen MR) is 66.2 cm³/mol. The van der Waals surface area contributed by atoms with Crippen LogP contribution in [0.5, 0.6) is 0 Å². The lowest BCUT2D eigenvalue weighted by molar-refractivity contribution is -0.142. The molecule has 0 bridgehead atoms. The van der Waals surface area contributed by atoms with E-state index in [0.29, 0.717) is 18.5 Å². The molecule has 1 aromatic rings. The molecule has 1 aliphatic carbocycles. The van der Waals surface area contributed by atoms with Crippen LogP contribution in [-0.2, 0) is 11.3 Å². The van der Waals surface area contributed by atoms with Gasteiger partial charge in [0.25, 0.3) is 0 Å². The molecule has 0 aromatic carbocycles. The van der Waals surface area contributed by atoms with Crippen molar-refractivity contribution in [1.29, 1.82) is 0 Å². The van der Waals surface area contributed by atoms with Gasteiger partial charge < -0.3 is 15.7 Å². The van der Waals surface area contributed by atoms with Gasteiger partial charge in [-0.25, -0.2) is 4.79 Å². The van der Waals surface area contributed by atoms with Crippen molar-refractivity contribution in [3.63, 3.8) is 0 Å². The van der Waals surface area contributed by atoms with Crippen LogP contribution in [0, 0.1) is 5.92 Å². The molecule has 1 aromatic heterocycles. The molecule has 2 rings (SSSR count). The van der Waals surface area contributed by atoms with Crippen molar-refractivity contribution in [2.75, 3.05) is 0 Å². The van der Waals surface area contributed by atoms with Crippen molar-refractivity contribution in [2.45, 2.75) is 31.8 Å². The van der Waals surface area contributed by atoms with Crippen LogP contribution in [0.25, 0.3) is 0 Å². The summed E-state index contributed by atoms with van der Waals surface area (Å²) in [6.45, 7) is 0.268. The fourth-order valence-corrected chi connectivity index (χ4v) is 2.25. The van der Waals surface area contributed by atoms with Crippen molar-refractivity contribution in [2.24, 2.45) is 5.92 Å². The molecular weight excluding hydrogens is 248 g/mol. The van der Waals surface area contributed by atoms with Crippen molar-refractivity contribution in [3.05, 3.63) is 24.0 Å². The van der Waals surface area contributed by atoms with Crippen LogP contribution in [0.4, 0.5) is 4.79 Å². The summed E-state index contributed by atoms with van der Waals surface area (Å²) < 4.78 is 0. The third-order valence-electron chi connectivity index (χ3n) is 3.21. The topological polar surface area (TPSA) is 104 Å². The first-order chi connectivity index (χ1) is 9.16. The number of aromatic nitrogens is 2. The number of urea groups is 1. The van der Waals surface area contributed by atoms with E-state index >= 15 is 0 Å². The summed E-state index contributed by atoms with van der Waals surface area (Å²) in [5.41, 5.74) is 0.652. The number of hydrogen-bond acceptors (Lipinski definition) is 4. The molecule has 102 valence electrons. The highest BCUT2D eigenvalue weighted by Gasteiger charge is 2.33. The van der Waals surface area contributed by atoms with Gasteiger partial charge >= 0.3 is 12.0 Å². The Labute approximate surface area is 110 Å². The Hall–Kier alpha value is -2.18. The molecule has 0 saturated heterocycles. The van der Waals surface area contributed by atoms with Crippen LogP contribution in [0.3, 0.4) is 0 Å². The zero-order valence-corrected chi connectivity index (χ0v) is 10.4. The van der Waals surface area contributed by atoms with Gasteiger partial charge in [0.05, 0.1) is 18.2 Å². The number of rotatable bonds is 4. The molecule has 0 aliphatic heterocycles. The number of aliphatic carboxylic acids is 1. The standard InChI is InChI=1S/C12H16N4O3/c17-11(18)9-4-1-5-10(9)15-12(19)13-7-8-3-2-6-14-16-8/h2-3,6,9-10H,1,4-5,7H2,(H,17,18)(H2,13,15,19). The molecule has 2 atom stereocenters. The van der Waals surface area contributed by atoms with E-state index in [1.165, 1.54) is 0 Å². The highest BCUT2D eigenvalue weighted by Crippen LogP contribution is 2.25. The summed E-state index contributed by atoms with van der Waals surface area (Å²) in [7, 11) is 0. The molecule has 1 fully saturated rings. The van der Waals surface area contributed by atoms with Gasteiger partial charge in [0.1, 0.15) is 0 Å². The van der Waals surface area contributed by atoms with Gasteiger partial charge in [0, 0.05) is 12.2 Å². The Balaban J connectivity index is 1.80. The highest BCUT2D eigenvalue weighted by atomic mass is 16.4. The Morgan fingerprint density at radius 3 is 2.95 bits per heavy atom. The predicted octanol–water partition coefficient (Wildman–Crippen LogP) is 0.529. The third kappa shape index (κ3) is 3.64. The van der Waals surface area contributed by atoms with E-state index in [4.69, 9.17) is 5.11 Å². The second-order valence-corrected chi connectivity index (χ2v) is 4.52. The minimum atomic E-state index is -0.850. The van der Waals surface area contributed by atoms with Gasteiger partial charge in [-0.2, -0.15) is 10.2 Å². The van der Waals surface area contributed by atoms with E-state index in [9.17, 15) is 9.59 Å². The Morgan fingerprint density at radius 2 is 2.26 bits per heavy atom. The number of hydrogen-bond donors (Lipinski definition) is 3. The van der Waals surface area contributed by atoms with E-state index in [0.717, 1.165) is 6.42 Å². The molecule has 0 spiro atoms. The molecule has 3 N–H and O–H groups in total. The van der Waals surface area contributed by atoms with Gasteiger partial charge in [-0.1, -0.05) is 6.42 Å². The Morgan fingerprint density at radius 1 is 1.42 bits per heavy atom. The van der Waals surface area contributed by atoms with Crippen LogP contribution in [-0.4, -0.2) is 33.3 Å². The number of carboxylic acids is 1. The summed E-state index contributed by atoms with van der Waals surface area (Å²) in [4.78, 5) is 22.7. The summed E-state index contributed by atoms with van der Waals surface area (Å²) in [5, 5.41) is 21.9. The number of nitrogens with one attached hydrogen (secondary N) is 2. The van der Waals surface area contributed by atoms with Crippen molar-refractivity contribution in [3.8, 4) is 0 Å². The molecule has 0 radical (unpaired) electrons. The normalized spacial score (nSPS) is 21.9. The smallest absolute Gasteiger partial charge is 0.315 e. The third-order valence-corrected chi connectivity index (χ3v) is 3.21. The quantitative estimate of drug-likeness (QED) is 0.735. The second-order valence-electron chi connectivity index (χ2n) is 4.52. The lowest BCUT2D eigenvalue weighted by Gasteiger charge is -2.17. The molecule has 1 heterocycles. The largest absolute Gasteiger partial charge is 0.481 e. The van der Waals surface area contributed by atoms with Gasteiger partial charge in [0.15, 0.2) is 0 Å². The zero-order chi connectivity index (χ0) is 13.7. The van der Waals surface area contributed by atoms with E-state index < -0.39 is 11.9 Å². The first kappa shape index (κ1) is 13.3. The maximum atomic E-state index is 11.7. The van der Waals surface area contributed by atoms with E-state index in [1.807, 2.05) is 0 Å². The summed E-state index contributed by atoms with van der Waals surface area (Å²) in [5.74, 6) is -1.33. The maximum absolute atomic E-state index is 11.7. The van der Waals surface area contributed by atoms with E-state index in [2.05, 4.69) is 20.8 Å². The van der Waals surface area contributed by atoms with Gasteiger partial charge in [-0.15, -0.1) is 0 Å².